The van der Waals surface area contributed by atoms with E-state index in [2.05, 4.69) is 4.90 Å². The van der Waals surface area contributed by atoms with Gasteiger partial charge in [-0.05, 0) is 54.8 Å². The Morgan fingerprint density at radius 3 is 2.61 bits per heavy atom. The number of benzene rings is 2. The van der Waals surface area contributed by atoms with Crippen LogP contribution in [0, 0.1) is 0 Å². The Labute approximate surface area is 188 Å². The van der Waals surface area contributed by atoms with E-state index in [4.69, 9.17) is 11.6 Å². The summed E-state index contributed by atoms with van der Waals surface area (Å²) in [5.41, 5.74) is 1.78. The first-order valence-electron chi connectivity index (χ1n) is 10.0. The number of aliphatic hydroxyl groups excluding tert-OH is 1. The van der Waals surface area contributed by atoms with Gasteiger partial charge in [-0.2, -0.15) is 0 Å². The first-order chi connectivity index (χ1) is 14.9. The number of halogens is 1. The van der Waals surface area contributed by atoms with Gasteiger partial charge in [0.15, 0.2) is 11.1 Å². The fraction of sp³-hybridized carbons (Fsp3) is 0.318. The van der Waals surface area contributed by atoms with Crippen molar-refractivity contribution in [2.45, 2.75) is 23.9 Å². The van der Waals surface area contributed by atoms with Gasteiger partial charge < -0.3 is 24.0 Å². The van der Waals surface area contributed by atoms with E-state index in [0.717, 1.165) is 16.6 Å². The molecule has 0 bridgehead atoms. The zero-order valence-electron chi connectivity index (χ0n) is 17.0. The van der Waals surface area contributed by atoms with Crippen LogP contribution in [0.1, 0.15) is 13.0 Å². The number of piperazine rings is 1. The van der Waals surface area contributed by atoms with Gasteiger partial charge in [0.1, 0.15) is 6.04 Å². The van der Waals surface area contributed by atoms with Crippen LogP contribution in [0.3, 0.4) is 0 Å². The number of anilines is 1. The Balaban J connectivity index is 1.51. The fourth-order valence-corrected chi connectivity index (χ4v) is 4.66. The number of fused-ring (bicyclic) bond motifs is 1. The molecule has 31 heavy (non-hydrogen) atoms. The molecule has 0 aliphatic carbocycles. The quantitative estimate of drug-likeness (QED) is 0.570. The lowest BCUT2D eigenvalue weighted by Crippen LogP contribution is -2.57. The summed E-state index contributed by atoms with van der Waals surface area (Å²) in [5.74, 6) is -0.0535. The summed E-state index contributed by atoms with van der Waals surface area (Å²) in [6, 6.07) is 13.6. The molecule has 0 saturated carbocycles. The molecule has 1 fully saturated rings. The van der Waals surface area contributed by atoms with E-state index in [1.54, 1.807) is 29.2 Å². The van der Waals surface area contributed by atoms with Crippen LogP contribution in [0.4, 0.5) is 5.69 Å². The van der Waals surface area contributed by atoms with Crippen molar-refractivity contribution in [1.82, 2.24) is 9.47 Å². The highest BCUT2D eigenvalue weighted by Gasteiger charge is 2.33. The summed E-state index contributed by atoms with van der Waals surface area (Å²) in [4.78, 5) is 17.5. The maximum absolute atomic E-state index is 13.3. The van der Waals surface area contributed by atoms with Crippen LogP contribution >= 0.6 is 11.6 Å². The van der Waals surface area contributed by atoms with Gasteiger partial charge in [-0.15, -0.1) is 0 Å². The lowest BCUT2D eigenvalue weighted by atomic mass is 10.1. The second-order valence-corrected chi connectivity index (χ2v) is 9.07. The monoisotopic (exact) mass is 461 g/mol. The van der Waals surface area contributed by atoms with Crippen molar-refractivity contribution in [3.05, 3.63) is 59.8 Å². The Kier molecular flexibility index (Phi) is 6.34. The molecule has 2 N–H and O–H groups in total. The largest absolute Gasteiger partial charge is 0.394 e. The molecule has 3 aromatic rings. The highest BCUT2D eigenvalue weighted by atomic mass is 35.5. The van der Waals surface area contributed by atoms with Crippen molar-refractivity contribution in [2.75, 3.05) is 31.1 Å². The normalized spacial score (nSPS) is 18.9. The Hall–Kier alpha value is -2.39. The minimum Gasteiger partial charge on any atom is -0.394 e. The van der Waals surface area contributed by atoms with Crippen LogP contribution < -0.4 is 4.90 Å². The summed E-state index contributed by atoms with van der Waals surface area (Å²) < 4.78 is 22.3. The van der Waals surface area contributed by atoms with E-state index >= 15 is 0 Å². The minimum atomic E-state index is -2.02. The lowest BCUT2D eigenvalue weighted by Gasteiger charge is -2.42. The molecule has 0 spiro atoms. The fourth-order valence-electron chi connectivity index (χ4n) is 4.13. The van der Waals surface area contributed by atoms with E-state index < -0.39 is 17.1 Å². The minimum absolute atomic E-state index is 0.0535. The molecule has 4 rings (SSSR count). The number of rotatable bonds is 5. The maximum atomic E-state index is 13.3. The summed E-state index contributed by atoms with van der Waals surface area (Å²) in [7, 11) is 0. The molecule has 7 nitrogen and oxygen atoms in total. The van der Waals surface area contributed by atoms with Gasteiger partial charge >= 0.3 is 0 Å². The highest BCUT2D eigenvalue weighted by Crippen LogP contribution is 2.27. The van der Waals surface area contributed by atoms with Crippen LogP contribution in [0.2, 0.25) is 5.02 Å². The number of hydrogen-bond acceptors (Lipinski definition) is 4. The third-order valence-corrected chi connectivity index (χ3v) is 6.75. The van der Waals surface area contributed by atoms with E-state index in [1.165, 1.54) is 0 Å². The summed E-state index contributed by atoms with van der Waals surface area (Å²) in [5, 5.41) is 11.6. The first kappa shape index (κ1) is 21.8. The molecule has 2 heterocycles. The van der Waals surface area contributed by atoms with Crippen molar-refractivity contribution in [3.63, 3.8) is 0 Å². The van der Waals surface area contributed by atoms with Crippen molar-refractivity contribution < 1.29 is 18.7 Å². The average molecular weight is 462 g/mol. The lowest BCUT2D eigenvalue weighted by molar-refractivity contribution is -0.138. The van der Waals surface area contributed by atoms with Gasteiger partial charge in [-0.1, -0.05) is 17.7 Å². The second-order valence-electron chi connectivity index (χ2n) is 7.66. The Bertz CT molecular complexity index is 1120. The van der Waals surface area contributed by atoms with Crippen molar-refractivity contribution in [3.8, 4) is 0 Å². The maximum Gasteiger partial charge on any atom is 0.245 e. The second kappa shape index (κ2) is 9.00. The molecule has 9 heteroatoms. The molecule has 1 aromatic heterocycles. The average Bonchev–Trinajstić information content (AvgIpc) is 3.20. The third-order valence-electron chi connectivity index (χ3n) is 5.84. The van der Waals surface area contributed by atoms with Crippen molar-refractivity contribution >= 4 is 45.2 Å². The molecule has 1 unspecified atom stereocenters. The molecular weight excluding hydrogens is 438 g/mol. The smallest absolute Gasteiger partial charge is 0.245 e. The van der Waals surface area contributed by atoms with E-state index in [1.807, 2.05) is 42.0 Å². The molecule has 3 atom stereocenters. The number of aliphatic hydroxyl groups is 1. The van der Waals surface area contributed by atoms with Gasteiger partial charge in [-0.25, -0.2) is 4.21 Å². The number of amides is 1. The van der Waals surface area contributed by atoms with Crippen LogP contribution in [-0.2, 0) is 15.9 Å². The number of nitrogens with zero attached hydrogens (tertiary/aromatic N) is 3. The highest BCUT2D eigenvalue weighted by molar-refractivity contribution is 7.79. The Morgan fingerprint density at radius 2 is 1.94 bits per heavy atom. The van der Waals surface area contributed by atoms with Crippen LogP contribution in [0.15, 0.2) is 59.6 Å². The van der Waals surface area contributed by atoms with Gasteiger partial charge in [0.2, 0.25) is 5.91 Å². The molecule has 1 saturated heterocycles. The topological polar surface area (TPSA) is 86.0 Å². The predicted octanol–water partition coefficient (Wildman–Crippen LogP) is 3.15. The number of aromatic nitrogens is 1. The summed E-state index contributed by atoms with van der Waals surface area (Å²) in [6.07, 6.45) is 1.89. The van der Waals surface area contributed by atoms with Gasteiger partial charge in [-0.3, -0.25) is 4.79 Å². The van der Waals surface area contributed by atoms with E-state index in [-0.39, 0.29) is 18.6 Å². The predicted molar refractivity (Wildman–Crippen MR) is 122 cm³/mol. The van der Waals surface area contributed by atoms with Crippen molar-refractivity contribution in [1.29, 1.82) is 0 Å². The first-order valence-corrected chi connectivity index (χ1v) is 11.5. The number of hydrogen-bond donors (Lipinski definition) is 2. The third kappa shape index (κ3) is 4.34. The van der Waals surface area contributed by atoms with Gasteiger partial charge in [0, 0.05) is 36.5 Å². The van der Waals surface area contributed by atoms with Crippen LogP contribution in [0.5, 0.6) is 0 Å². The van der Waals surface area contributed by atoms with Gasteiger partial charge in [0.25, 0.3) is 0 Å². The zero-order valence-corrected chi connectivity index (χ0v) is 18.6. The number of carbonyl (C=O) groups is 1. The standard InChI is InChI=1S/C22H24ClN3O4S/c1-15(25-9-8-16-2-3-17(23)12-21(16)25)22(28)26-11-10-24(13-19(26)14-27)18-4-6-20(7-5-18)31(29)30/h2-9,12,15,19,27H,10-11,13-14H2,1H3,(H,29,30)/t15-,19-/m0/s1. The number of carbonyl (C=O) groups excluding carboxylic acids is 1. The zero-order chi connectivity index (χ0) is 22.1. The molecule has 0 radical (unpaired) electrons. The molecule has 164 valence electrons. The van der Waals surface area contributed by atoms with Gasteiger partial charge in [0.05, 0.1) is 23.1 Å². The Morgan fingerprint density at radius 1 is 1.19 bits per heavy atom. The molecule has 1 aliphatic heterocycles. The summed E-state index contributed by atoms with van der Waals surface area (Å²) in [6.45, 7) is 3.27. The molecule has 2 aromatic carbocycles. The van der Waals surface area contributed by atoms with Crippen LogP contribution in [0.25, 0.3) is 10.9 Å². The molecule has 1 aliphatic rings. The SMILES string of the molecule is C[C@@H](C(=O)N1CCN(c2ccc(S(=O)O)cc2)C[C@H]1CO)n1ccc2ccc(Cl)cc21. The molecular formula is C22H24ClN3O4S. The van der Waals surface area contributed by atoms with Crippen molar-refractivity contribution in [2.24, 2.45) is 0 Å². The van der Waals surface area contributed by atoms with E-state index in [0.29, 0.717) is 29.6 Å². The molecule has 1 amide bonds. The van der Waals surface area contributed by atoms with E-state index in [9.17, 15) is 18.7 Å². The summed E-state index contributed by atoms with van der Waals surface area (Å²) >= 11 is 4.13. The van der Waals surface area contributed by atoms with Crippen LogP contribution in [-0.4, -0.2) is 61.5 Å².